The fourth-order valence-electron chi connectivity index (χ4n) is 2.98. The van der Waals surface area contributed by atoms with Crippen LogP contribution in [0.1, 0.15) is 23.0 Å². The number of fused-ring (bicyclic) bond motifs is 1. The van der Waals surface area contributed by atoms with Gasteiger partial charge < -0.3 is 20.1 Å². The monoisotopic (exact) mass is 448 g/mol. The predicted octanol–water partition coefficient (Wildman–Crippen LogP) is 2.66. The van der Waals surface area contributed by atoms with Crippen molar-refractivity contribution in [1.29, 1.82) is 0 Å². The van der Waals surface area contributed by atoms with E-state index in [9.17, 15) is 22.8 Å². The fourth-order valence-corrected chi connectivity index (χ4v) is 2.98. The zero-order valence-electron chi connectivity index (χ0n) is 16.6. The summed E-state index contributed by atoms with van der Waals surface area (Å²) in [4.78, 5) is 24.4. The number of carbonyl (C=O) groups excluding carboxylic acids is 2. The number of hydrogen-bond acceptors (Lipinski definition) is 7. The lowest BCUT2D eigenvalue weighted by molar-refractivity contribution is -0.143. The molecular weight excluding hydrogens is 433 g/mol. The number of alkyl halides is 3. The van der Waals surface area contributed by atoms with Crippen LogP contribution in [-0.2, 0) is 11.0 Å². The first-order chi connectivity index (χ1) is 15.2. The molecule has 3 aromatic rings. The molecule has 0 radical (unpaired) electrons. The molecule has 4 rings (SSSR count). The van der Waals surface area contributed by atoms with Crippen LogP contribution in [-0.4, -0.2) is 45.0 Å². The minimum Gasteiger partial charge on any atom is -0.480 e. The van der Waals surface area contributed by atoms with Crippen LogP contribution in [0.3, 0.4) is 0 Å². The number of methoxy groups -OCH3 is 1. The highest BCUT2D eigenvalue weighted by Gasteiger charge is 2.41. The Morgan fingerprint density at radius 2 is 2.03 bits per heavy atom. The van der Waals surface area contributed by atoms with Crippen molar-refractivity contribution in [1.82, 2.24) is 20.0 Å². The number of anilines is 2. The van der Waals surface area contributed by atoms with Gasteiger partial charge in [0, 0.05) is 11.8 Å². The van der Waals surface area contributed by atoms with Crippen LogP contribution in [0.2, 0.25) is 0 Å². The Morgan fingerprint density at radius 1 is 1.25 bits per heavy atom. The second kappa shape index (κ2) is 7.83. The van der Waals surface area contributed by atoms with Gasteiger partial charge in [-0.3, -0.25) is 9.59 Å². The van der Waals surface area contributed by atoms with E-state index in [-0.39, 0.29) is 29.0 Å². The number of ether oxygens (including phenoxy) is 2. The zero-order chi connectivity index (χ0) is 23.0. The standard InChI is InChI=1S/C19H15F3N6O4/c1-9-17(29)25-12-7-10(3-4-13(12)32-9)24-18(30)11-8-23-28(16(11)19(20,21)22)14-5-6-15(31-2)27-26-14/h3-9H,1-2H3,(H,24,30)(H,25,29). The number of rotatable bonds is 4. The van der Waals surface area contributed by atoms with Gasteiger partial charge >= 0.3 is 6.18 Å². The fraction of sp³-hybridized carbons (Fsp3) is 0.211. The maximum atomic E-state index is 13.8. The summed E-state index contributed by atoms with van der Waals surface area (Å²) in [5, 5.41) is 15.9. The Hall–Kier alpha value is -4.16. The first kappa shape index (κ1) is 21.1. The molecule has 0 aliphatic carbocycles. The minimum absolute atomic E-state index is 0.102. The van der Waals surface area contributed by atoms with Crippen molar-refractivity contribution in [3.8, 4) is 17.4 Å². The molecule has 2 aromatic heterocycles. The Labute approximate surface area is 178 Å². The Kier molecular flexibility index (Phi) is 5.16. The van der Waals surface area contributed by atoms with Crippen LogP contribution in [0.25, 0.3) is 5.82 Å². The van der Waals surface area contributed by atoms with Crippen LogP contribution >= 0.6 is 0 Å². The molecule has 10 nitrogen and oxygen atoms in total. The van der Waals surface area contributed by atoms with E-state index in [0.29, 0.717) is 10.4 Å². The zero-order valence-corrected chi connectivity index (χ0v) is 16.6. The van der Waals surface area contributed by atoms with Gasteiger partial charge in [0.1, 0.15) is 5.75 Å². The van der Waals surface area contributed by atoms with Crippen LogP contribution in [0.5, 0.6) is 11.6 Å². The summed E-state index contributed by atoms with van der Waals surface area (Å²) in [6.45, 7) is 1.57. The summed E-state index contributed by atoms with van der Waals surface area (Å²) in [6, 6.07) is 6.84. The molecule has 0 bridgehead atoms. The maximum absolute atomic E-state index is 13.8. The highest BCUT2D eigenvalue weighted by atomic mass is 19.4. The van der Waals surface area contributed by atoms with Crippen LogP contribution in [0.4, 0.5) is 24.5 Å². The molecular formula is C19H15F3N6O4. The molecule has 0 fully saturated rings. The third kappa shape index (κ3) is 3.91. The average molecular weight is 448 g/mol. The van der Waals surface area contributed by atoms with Gasteiger partial charge in [0.25, 0.3) is 11.8 Å². The molecule has 2 amide bonds. The van der Waals surface area contributed by atoms with E-state index in [0.717, 1.165) is 6.20 Å². The second-order valence-corrected chi connectivity index (χ2v) is 6.66. The van der Waals surface area contributed by atoms with Gasteiger partial charge in [-0.15, -0.1) is 10.2 Å². The van der Waals surface area contributed by atoms with E-state index in [1.54, 1.807) is 6.92 Å². The lowest BCUT2D eigenvalue weighted by atomic mass is 10.2. The molecule has 1 unspecified atom stereocenters. The van der Waals surface area contributed by atoms with E-state index in [2.05, 4.69) is 25.9 Å². The van der Waals surface area contributed by atoms with Gasteiger partial charge in [0.05, 0.1) is 24.6 Å². The number of nitrogens with one attached hydrogen (secondary N) is 2. The third-order valence-corrected chi connectivity index (χ3v) is 4.50. The molecule has 13 heteroatoms. The number of benzene rings is 1. The molecule has 166 valence electrons. The molecule has 0 spiro atoms. The maximum Gasteiger partial charge on any atom is 0.434 e. The molecule has 1 aliphatic rings. The normalized spacial score (nSPS) is 15.4. The summed E-state index contributed by atoms with van der Waals surface area (Å²) in [7, 11) is 1.33. The van der Waals surface area contributed by atoms with Gasteiger partial charge in [-0.05, 0) is 31.2 Å². The van der Waals surface area contributed by atoms with Gasteiger partial charge in [0.15, 0.2) is 17.6 Å². The lowest BCUT2D eigenvalue weighted by Crippen LogP contribution is -2.34. The summed E-state index contributed by atoms with van der Waals surface area (Å²) >= 11 is 0. The largest absolute Gasteiger partial charge is 0.480 e. The SMILES string of the molecule is COc1ccc(-n2ncc(C(=O)Nc3ccc4c(c3)NC(=O)C(C)O4)c2C(F)(F)F)nn1. The molecule has 32 heavy (non-hydrogen) atoms. The van der Waals surface area contributed by atoms with Crippen LogP contribution in [0, 0.1) is 0 Å². The number of hydrogen-bond donors (Lipinski definition) is 2. The average Bonchev–Trinajstić information content (AvgIpc) is 3.21. The number of carbonyl (C=O) groups is 2. The summed E-state index contributed by atoms with van der Waals surface area (Å²) < 4.78 is 52.1. The highest BCUT2D eigenvalue weighted by molar-refractivity contribution is 6.06. The smallest absolute Gasteiger partial charge is 0.434 e. The summed E-state index contributed by atoms with van der Waals surface area (Å²) in [5.41, 5.74) is -1.61. The van der Waals surface area contributed by atoms with Crippen molar-refractivity contribution in [2.24, 2.45) is 0 Å². The Balaban J connectivity index is 1.65. The van der Waals surface area contributed by atoms with Crippen molar-refractivity contribution in [3.63, 3.8) is 0 Å². The Morgan fingerprint density at radius 3 is 2.69 bits per heavy atom. The van der Waals surface area contributed by atoms with E-state index in [4.69, 9.17) is 9.47 Å². The number of halogens is 3. The van der Waals surface area contributed by atoms with Gasteiger partial charge in [-0.25, -0.2) is 4.68 Å². The predicted molar refractivity (Wildman–Crippen MR) is 104 cm³/mol. The molecule has 1 aliphatic heterocycles. The van der Waals surface area contributed by atoms with E-state index in [1.165, 1.54) is 37.4 Å². The lowest BCUT2D eigenvalue weighted by Gasteiger charge is -2.23. The quantitative estimate of drug-likeness (QED) is 0.630. The van der Waals surface area contributed by atoms with Crippen molar-refractivity contribution >= 4 is 23.2 Å². The van der Waals surface area contributed by atoms with Crippen LogP contribution in [0.15, 0.2) is 36.5 Å². The number of aromatic nitrogens is 4. The number of amides is 2. The molecule has 0 saturated heterocycles. The van der Waals surface area contributed by atoms with E-state index in [1.807, 2.05) is 0 Å². The third-order valence-electron chi connectivity index (χ3n) is 4.50. The summed E-state index contributed by atoms with van der Waals surface area (Å²) in [5.74, 6) is -1.22. The molecule has 1 atom stereocenters. The first-order valence-electron chi connectivity index (χ1n) is 9.13. The van der Waals surface area contributed by atoms with Gasteiger partial charge in [0.2, 0.25) is 5.88 Å². The summed E-state index contributed by atoms with van der Waals surface area (Å²) in [6.07, 6.45) is -4.82. The van der Waals surface area contributed by atoms with Crippen molar-refractivity contribution in [2.75, 3.05) is 17.7 Å². The Bertz CT molecular complexity index is 1190. The van der Waals surface area contributed by atoms with Crippen molar-refractivity contribution in [3.05, 3.63) is 47.8 Å². The van der Waals surface area contributed by atoms with E-state index < -0.39 is 29.4 Å². The van der Waals surface area contributed by atoms with Crippen molar-refractivity contribution < 1.29 is 32.2 Å². The molecule has 2 N–H and O–H groups in total. The molecule has 3 heterocycles. The highest BCUT2D eigenvalue weighted by Crippen LogP contribution is 2.35. The van der Waals surface area contributed by atoms with Crippen LogP contribution < -0.4 is 20.1 Å². The van der Waals surface area contributed by atoms with Gasteiger partial charge in [-0.2, -0.15) is 18.3 Å². The first-order valence-corrected chi connectivity index (χ1v) is 9.13. The second-order valence-electron chi connectivity index (χ2n) is 6.66. The minimum atomic E-state index is -4.92. The van der Waals surface area contributed by atoms with E-state index >= 15 is 0 Å². The topological polar surface area (TPSA) is 120 Å². The molecule has 0 saturated carbocycles. The van der Waals surface area contributed by atoms with Gasteiger partial charge in [-0.1, -0.05) is 0 Å². The van der Waals surface area contributed by atoms with Crippen molar-refractivity contribution in [2.45, 2.75) is 19.2 Å². The number of nitrogens with zero attached hydrogens (tertiary/aromatic N) is 4. The molecule has 1 aromatic carbocycles.